The Labute approximate surface area is 148 Å². The Morgan fingerprint density at radius 1 is 1.19 bits per heavy atom. The number of nitrogens with zero attached hydrogens (tertiary/aromatic N) is 4. The van der Waals surface area contributed by atoms with Crippen LogP contribution < -0.4 is 16.1 Å². The zero-order chi connectivity index (χ0) is 18.9. The third kappa shape index (κ3) is 2.45. The molecule has 1 aliphatic carbocycles. The van der Waals surface area contributed by atoms with E-state index >= 15 is 0 Å². The summed E-state index contributed by atoms with van der Waals surface area (Å²) in [6.07, 6.45) is 0.230. The molecule has 27 heavy (non-hydrogen) atoms. The van der Waals surface area contributed by atoms with Gasteiger partial charge in [-0.15, -0.1) is 0 Å². The predicted octanol–water partition coefficient (Wildman–Crippen LogP) is 1.02. The van der Waals surface area contributed by atoms with E-state index in [1.165, 1.54) is 16.9 Å². The molecule has 0 amide bonds. The summed E-state index contributed by atoms with van der Waals surface area (Å²) in [7, 11) is 0. The molecule has 2 aliphatic rings. The van der Waals surface area contributed by atoms with E-state index in [4.69, 9.17) is 0 Å². The average molecular weight is 378 g/mol. The first-order valence-corrected chi connectivity index (χ1v) is 8.31. The molecule has 140 valence electrons. The number of fused-ring (bicyclic) bond motifs is 2. The van der Waals surface area contributed by atoms with Gasteiger partial charge in [0.05, 0.1) is 17.2 Å². The summed E-state index contributed by atoms with van der Waals surface area (Å²) in [5, 5.41) is 4.32. The summed E-state index contributed by atoms with van der Waals surface area (Å²) in [6, 6.07) is 1.62. The number of aromatic nitrogens is 5. The van der Waals surface area contributed by atoms with Crippen LogP contribution in [-0.4, -0.2) is 43.8 Å². The number of H-pyrrole nitrogens is 2. The van der Waals surface area contributed by atoms with Crippen molar-refractivity contribution in [3.05, 3.63) is 45.5 Å². The number of piperidine rings is 1. The monoisotopic (exact) mass is 378 g/mol. The summed E-state index contributed by atoms with van der Waals surface area (Å²) in [5.74, 6) is -2.05. The standard InChI is InChI=1S/C16H13F3N6O2/c17-16(18,19)12-8-5-24(6-9(8)12)11-3-10(23-25-2-1-20-13(11)25)7-4-21-15(27)22-14(7)26/h1-4,8-9,12H,5-6H2,(H2,21,22,26,27)/t8-,9+,12+. The van der Waals surface area contributed by atoms with Gasteiger partial charge in [-0.1, -0.05) is 0 Å². The second-order valence-corrected chi connectivity index (χ2v) is 6.90. The van der Waals surface area contributed by atoms with E-state index in [9.17, 15) is 22.8 Å². The van der Waals surface area contributed by atoms with Crippen molar-refractivity contribution in [3.8, 4) is 11.3 Å². The quantitative estimate of drug-likeness (QED) is 0.694. The lowest BCUT2D eigenvalue weighted by molar-refractivity contribution is -0.154. The van der Waals surface area contributed by atoms with Crippen molar-refractivity contribution in [1.82, 2.24) is 24.6 Å². The molecule has 0 unspecified atom stereocenters. The largest absolute Gasteiger partial charge is 0.392 e. The first-order chi connectivity index (χ1) is 12.8. The minimum atomic E-state index is -4.16. The van der Waals surface area contributed by atoms with E-state index in [1.807, 2.05) is 4.90 Å². The van der Waals surface area contributed by atoms with Crippen molar-refractivity contribution in [2.75, 3.05) is 18.0 Å². The topological polar surface area (TPSA) is 99.2 Å². The predicted molar refractivity (Wildman–Crippen MR) is 88.4 cm³/mol. The molecule has 2 fully saturated rings. The molecule has 0 spiro atoms. The Kier molecular flexibility index (Phi) is 3.10. The van der Waals surface area contributed by atoms with Gasteiger partial charge in [0.25, 0.3) is 5.56 Å². The van der Waals surface area contributed by atoms with Gasteiger partial charge in [0.2, 0.25) is 0 Å². The summed E-state index contributed by atoms with van der Waals surface area (Å²) < 4.78 is 40.3. The highest BCUT2D eigenvalue weighted by molar-refractivity contribution is 5.74. The highest BCUT2D eigenvalue weighted by Crippen LogP contribution is 2.59. The van der Waals surface area contributed by atoms with Gasteiger partial charge in [0, 0.05) is 31.7 Å². The molecule has 2 N–H and O–H groups in total. The SMILES string of the molecule is O=c1[nH]cc(-c2cc(N3C[C@@H]4[C@H](C3)[C@H]4C(F)(F)F)c3nccn3n2)c(=O)[nH]1. The van der Waals surface area contributed by atoms with Gasteiger partial charge in [-0.25, -0.2) is 14.3 Å². The van der Waals surface area contributed by atoms with Crippen molar-refractivity contribution < 1.29 is 13.2 Å². The van der Waals surface area contributed by atoms with Crippen LogP contribution in [0.2, 0.25) is 0 Å². The van der Waals surface area contributed by atoms with Crippen molar-refractivity contribution in [2.45, 2.75) is 6.18 Å². The van der Waals surface area contributed by atoms with E-state index in [0.717, 1.165) is 0 Å². The molecule has 8 nitrogen and oxygen atoms in total. The molecule has 1 aliphatic heterocycles. The molecule has 1 saturated carbocycles. The average Bonchev–Trinajstić information content (AvgIpc) is 2.95. The lowest BCUT2D eigenvalue weighted by Gasteiger charge is -2.23. The van der Waals surface area contributed by atoms with Crippen LogP contribution >= 0.6 is 0 Å². The van der Waals surface area contributed by atoms with Crippen LogP contribution in [0.3, 0.4) is 0 Å². The minimum absolute atomic E-state index is 0.156. The van der Waals surface area contributed by atoms with Gasteiger partial charge < -0.3 is 9.88 Å². The third-order valence-corrected chi connectivity index (χ3v) is 5.35. The lowest BCUT2D eigenvalue weighted by atomic mass is 10.2. The summed E-state index contributed by atoms with van der Waals surface area (Å²) in [4.78, 5) is 33.9. The number of alkyl halides is 3. The van der Waals surface area contributed by atoms with Crippen molar-refractivity contribution in [1.29, 1.82) is 0 Å². The zero-order valence-electron chi connectivity index (χ0n) is 13.7. The fraction of sp³-hybridized carbons (Fsp3) is 0.375. The number of aromatic amines is 2. The number of rotatable bonds is 2. The number of nitrogens with one attached hydrogen (secondary N) is 2. The van der Waals surface area contributed by atoms with Crippen LogP contribution in [0.5, 0.6) is 0 Å². The minimum Gasteiger partial charge on any atom is -0.368 e. The van der Waals surface area contributed by atoms with E-state index in [2.05, 4.69) is 20.1 Å². The number of anilines is 1. The smallest absolute Gasteiger partial charge is 0.368 e. The van der Waals surface area contributed by atoms with E-state index in [0.29, 0.717) is 17.0 Å². The second kappa shape index (κ2) is 5.21. The summed E-state index contributed by atoms with van der Waals surface area (Å²) >= 11 is 0. The van der Waals surface area contributed by atoms with E-state index < -0.39 is 35.2 Å². The Morgan fingerprint density at radius 2 is 1.93 bits per heavy atom. The van der Waals surface area contributed by atoms with E-state index in [1.54, 1.807) is 12.3 Å². The Bertz CT molecular complexity index is 1150. The van der Waals surface area contributed by atoms with Gasteiger partial charge in [-0.3, -0.25) is 9.78 Å². The van der Waals surface area contributed by atoms with Crippen LogP contribution in [0.15, 0.2) is 34.2 Å². The molecular formula is C16H13F3N6O2. The fourth-order valence-corrected chi connectivity index (χ4v) is 4.07. The van der Waals surface area contributed by atoms with Gasteiger partial charge in [-0.2, -0.15) is 18.3 Å². The Balaban J connectivity index is 1.55. The number of hydrogen-bond donors (Lipinski definition) is 2. The highest BCUT2D eigenvalue weighted by Gasteiger charge is 2.67. The number of imidazole rings is 1. The first-order valence-electron chi connectivity index (χ1n) is 8.31. The molecule has 3 atom stereocenters. The van der Waals surface area contributed by atoms with Crippen LogP contribution in [0.25, 0.3) is 16.9 Å². The normalized spacial score (nSPS) is 24.4. The maximum absolute atomic E-state index is 12.9. The van der Waals surface area contributed by atoms with Gasteiger partial charge in [0.15, 0.2) is 5.65 Å². The molecule has 3 aromatic heterocycles. The maximum atomic E-state index is 12.9. The molecule has 0 aromatic carbocycles. The molecular weight excluding hydrogens is 365 g/mol. The molecule has 1 saturated heterocycles. The molecule has 4 heterocycles. The zero-order valence-corrected chi connectivity index (χ0v) is 13.7. The van der Waals surface area contributed by atoms with Gasteiger partial charge >= 0.3 is 11.9 Å². The van der Waals surface area contributed by atoms with Crippen molar-refractivity contribution in [2.24, 2.45) is 17.8 Å². The molecule has 3 aromatic rings. The third-order valence-electron chi connectivity index (χ3n) is 5.35. The molecule has 0 bridgehead atoms. The lowest BCUT2D eigenvalue weighted by Crippen LogP contribution is -2.29. The van der Waals surface area contributed by atoms with Gasteiger partial charge in [-0.05, 0) is 17.9 Å². The first kappa shape index (κ1) is 16.1. The second-order valence-electron chi connectivity index (χ2n) is 6.90. The maximum Gasteiger partial charge on any atom is 0.392 e. The van der Waals surface area contributed by atoms with Crippen LogP contribution in [0.1, 0.15) is 0 Å². The van der Waals surface area contributed by atoms with Crippen LogP contribution in [0.4, 0.5) is 18.9 Å². The Morgan fingerprint density at radius 3 is 2.59 bits per heavy atom. The number of halogens is 3. The van der Waals surface area contributed by atoms with Gasteiger partial charge in [0.1, 0.15) is 5.69 Å². The highest BCUT2D eigenvalue weighted by atomic mass is 19.4. The summed E-state index contributed by atoms with van der Waals surface area (Å²) in [5.41, 5.74) is 0.335. The van der Waals surface area contributed by atoms with Crippen LogP contribution in [-0.2, 0) is 0 Å². The van der Waals surface area contributed by atoms with Crippen LogP contribution in [0, 0.1) is 17.8 Å². The molecule has 0 radical (unpaired) electrons. The summed E-state index contributed by atoms with van der Waals surface area (Å²) in [6.45, 7) is 0.561. The molecule has 5 rings (SSSR count). The fourth-order valence-electron chi connectivity index (χ4n) is 4.07. The van der Waals surface area contributed by atoms with E-state index in [-0.39, 0.29) is 18.7 Å². The molecule has 11 heteroatoms. The Hall–Kier alpha value is -3.11. The van der Waals surface area contributed by atoms with Crippen molar-refractivity contribution in [3.63, 3.8) is 0 Å². The number of hydrogen-bond acceptors (Lipinski definition) is 5. The van der Waals surface area contributed by atoms with Crippen molar-refractivity contribution >= 4 is 11.3 Å².